The lowest BCUT2D eigenvalue weighted by Crippen LogP contribution is -2.37. The van der Waals surface area contributed by atoms with Crippen molar-refractivity contribution in [1.82, 2.24) is 44.4 Å². The van der Waals surface area contributed by atoms with Gasteiger partial charge in [-0.2, -0.15) is 0 Å². The highest BCUT2D eigenvalue weighted by Gasteiger charge is 2.54. The van der Waals surface area contributed by atoms with E-state index in [9.17, 15) is 18.7 Å². The maximum Gasteiger partial charge on any atom is 0.389 e. The number of alkyl halides is 2. The van der Waals surface area contributed by atoms with E-state index in [4.69, 9.17) is 46.6 Å². The number of unbranched alkanes of at least 4 members (excludes halogenated alkanes) is 3. The number of nitrogens with zero attached hydrogens (tertiary/aromatic N) is 8. The third-order valence-corrected chi connectivity index (χ3v) is 15.2. The van der Waals surface area contributed by atoms with E-state index in [1.54, 1.807) is 24.3 Å². The van der Waals surface area contributed by atoms with Crippen molar-refractivity contribution < 1.29 is 55.1 Å². The monoisotopic (exact) mass is 946 g/mol. The molecular weight excluding hydrogens is 903 g/mol. The Morgan fingerprint density at radius 1 is 0.812 bits per heavy atom. The molecule has 3 fully saturated rings. The average Bonchev–Trinajstić information content (AvgIpc) is 4.04. The van der Waals surface area contributed by atoms with E-state index < -0.39 is 82.6 Å². The molecule has 8 rings (SSSR count). The first-order chi connectivity index (χ1) is 30.7. The summed E-state index contributed by atoms with van der Waals surface area (Å²) in [7, 11) is 1.31. The Bertz CT molecular complexity index is 2590. The highest BCUT2D eigenvalue weighted by Crippen LogP contribution is 2.65. The van der Waals surface area contributed by atoms with Crippen LogP contribution in [0.5, 0.6) is 0 Å². The number of fused-ring (bicyclic) bond motifs is 4. The Morgan fingerprint density at radius 3 is 1.98 bits per heavy atom. The number of anilines is 3. The van der Waals surface area contributed by atoms with Crippen LogP contribution in [0.1, 0.15) is 57.0 Å². The SMILES string of the molecule is [B][P@@]1(=O)OC[C@H]2O[C@@H](n3cnc4c(N)ncnc43)[C@H](F)[C@@H]2O[P@@](=O)(SCc2ccc(NC(=O)CNC(=O)CCCCCC)cc2)OC[C@H]2O[C@@H](n3cnc4c(N)ncnc43)[C@H](F)[C@@H]2O1. The molecule has 3 saturated heterocycles. The Labute approximate surface area is 368 Å². The number of aromatic nitrogens is 8. The van der Waals surface area contributed by atoms with Crippen molar-refractivity contribution in [1.29, 1.82) is 0 Å². The van der Waals surface area contributed by atoms with Crippen LogP contribution in [0.25, 0.3) is 22.3 Å². The fourth-order valence-corrected chi connectivity index (χ4v) is 11.7. The molecule has 2 radical (unpaired) electrons. The minimum atomic E-state index is -4.69. The van der Waals surface area contributed by atoms with Gasteiger partial charge in [-0.25, -0.2) is 43.2 Å². The van der Waals surface area contributed by atoms with Crippen LogP contribution in [0, 0.1) is 0 Å². The van der Waals surface area contributed by atoms with Crippen molar-refractivity contribution in [2.24, 2.45) is 0 Å². The quantitative estimate of drug-likeness (QED) is 0.0720. The molecule has 5 aromatic rings. The van der Waals surface area contributed by atoms with Crippen molar-refractivity contribution >= 4 is 84.7 Å². The van der Waals surface area contributed by atoms with E-state index in [0.717, 1.165) is 38.3 Å². The third-order valence-electron chi connectivity index (χ3n) is 10.5. The number of nitrogen functional groups attached to an aromatic ring is 2. The van der Waals surface area contributed by atoms with Gasteiger partial charge in [0.1, 0.15) is 48.1 Å². The summed E-state index contributed by atoms with van der Waals surface area (Å²) in [6.45, 7) is -4.14. The molecule has 0 bridgehead atoms. The van der Waals surface area contributed by atoms with Gasteiger partial charge in [-0.3, -0.25) is 32.3 Å². The number of amides is 2. The molecule has 0 unspecified atom stereocenters. The normalized spacial score (nSPS) is 29.7. The smallest absolute Gasteiger partial charge is 0.382 e. The summed E-state index contributed by atoms with van der Waals surface area (Å²) in [5.74, 6) is -0.650. The van der Waals surface area contributed by atoms with Crippen molar-refractivity contribution in [2.75, 3.05) is 36.5 Å². The molecule has 28 heteroatoms. The molecule has 6 N–H and O–H groups in total. The molecule has 0 saturated carbocycles. The first kappa shape index (κ1) is 45.9. The first-order valence-electron chi connectivity index (χ1n) is 20.1. The summed E-state index contributed by atoms with van der Waals surface area (Å²) >= 11 is 0.676. The minimum absolute atomic E-state index is 0.0194. The Kier molecular flexibility index (Phi) is 13.9. The van der Waals surface area contributed by atoms with Crippen LogP contribution in [-0.4, -0.2) is 115 Å². The van der Waals surface area contributed by atoms with Gasteiger partial charge in [0.25, 0.3) is 7.47 Å². The van der Waals surface area contributed by atoms with Crippen molar-refractivity contribution in [3.8, 4) is 0 Å². The lowest BCUT2D eigenvalue weighted by molar-refractivity contribution is -0.124. The highest BCUT2D eigenvalue weighted by molar-refractivity contribution is 8.54. The standard InChI is InChI=1S/C36H43BF2N12O10P2S/c1-2-3-4-5-6-23(52)42-11-24(53)49-20-9-7-19(8-10-20)14-64-63(55)57-13-22-29(25(38)35(59-22)50-17-47-27-31(40)43-15-45-33(27)50)60-62(37,54)56-12-21-30(61-63)26(39)36(58-21)51-18-48-28-32(41)44-16-46-34(28)51/h7-10,15-18,21-22,25-26,29-30,35-36H,2-6,11-14H2,1H3,(H,42,52)(H,49,53)(H2,40,43,45)(H2,41,44,46)/t21-,22-,25-,26-,29-,30-,35-,36-,62-,63+/m1/s1. The Hall–Kier alpha value is -4.65. The summed E-state index contributed by atoms with van der Waals surface area (Å²) in [6.07, 6.45) is -4.85. The van der Waals surface area contributed by atoms with E-state index in [1.807, 2.05) is 0 Å². The fourth-order valence-electron chi connectivity index (χ4n) is 7.28. The van der Waals surface area contributed by atoms with E-state index in [2.05, 4.69) is 47.5 Å². The van der Waals surface area contributed by atoms with Crippen LogP contribution in [0.3, 0.4) is 0 Å². The molecule has 0 spiro atoms. The van der Waals surface area contributed by atoms with E-state index in [1.165, 1.54) is 21.8 Å². The van der Waals surface area contributed by atoms with Crippen LogP contribution < -0.4 is 22.1 Å². The van der Waals surface area contributed by atoms with Crippen molar-refractivity contribution in [2.45, 2.75) is 94.0 Å². The largest absolute Gasteiger partial charge is 0.389 e. The summed E-state index contributed by atoms with van der Waals surface area (Å²) in [5, 5.41) is 5.32. The van der Waals surface area contributed by atoms with Gasteiger partial charge < -0.3 is 40.6 Å². The highest BCUT2D eigenvalue weighted by atomic mass is 32.7. The maximum atomic E-state index is 16.8. The fraction of sp³-hybridized carbons (Fsp3) is 0.500. The van der Waals surface area contributed by atoms with Crippen LogP contribution in [0.2, 0.25) is 0 Å². The summed E-state index contributed by atoms with van der Waals surface area (Å²) in [4.78, 5) is 49.1. The molecule has 1 aromatic carbocycles. The van der Waals surface area contributed by atoms with Gasteiger partial charge >= 0.3 is 6.80 Å². The van der Waals surface area contributed by atoms with Crippen LogP contribution in [-0.2, 0) is 52.0 Å². The topological polar surface area (TPSA) is 287 Å². The second-order valence-electron chi connectivity index (χ2n) is 15.0. The number of hydrogen-bond acceptors (Lipinski definition) is 19. The zero-order valence-corrected chi connectivity index (χ0v) is 36.7. The van der Waals surface area contributed by atoms with Crippen LogP contribution in [0.4, 0.5) is 26.1 Å². The van der Waals surface area contributed by atoms with Gasteiger partial charge in [-0.1, -0.05) is 38.3 Å². The summed E-state index contributed by atoms with van der Waals surface area (Å²) in [5.41, 5.74) is 13.4. The summed E-state index contributed by atoms with van der Waals surface area (Å²) < 4.78 is 99.6. The summed E-state index contributed by atoms with van der Waals surface area (Å²) in [6, 6.07) is 6.49. The van der Waals surface area contributed by atoms with Crippen LogP contribution >= 0.6 is 25.7 Å². The number of rotatable bonds is 13. The van der Waals surface area contributed by atoms with E-state index >= 15 is 8.78 Å². The number of hydrogen-bond donors (Lipinski definition) is 4. The first-order valence-corrected chi connectivity index (χ1v) is 24.9. The zero-order valence-electron chi connectivity index (χ0n) is 34.1. The Balaban J connectivity index is 1.02. The van der Waals surface area contributed by atoms with Crippen LogP contribution in [0.15, 0.2) is 49.6 Å². The lowest BCUT2D eigenvalue weighted by Gasteiger charge is -2.30. The molecule has 3 aliphatic heterocycles. The predicted octanol–water partition coefficient (Wildman–Crippen LogP) is 4.46. The molecule has 3 aliphatic rings. The second kappa shape index (κ2) is 19.4. The average molecular weight is 947 g/mol. The number of halogens is 2. The predicted molar refractivity (Wildman–Crippen MR) is 228 cm³/mol. The molecule has 64 heavy (non-hydrogen) atoms. The molecule has 22 nitrogen and oxygen atoms in total. The number of nitrogens with one attached hydrogen (secondary N) is 2. The van der Waals surface area contributed by atoms with Gasteiger partial charge in [-0.15, -0.1) is 0 Å². The lowest BCUT2D eigenvalue weighted by atomic mass is 10.1. The van der Waals surface area contributed by atoms with E-state index in [-0.39, 0.29) is 52.2 Å². The zero-order chi connectivity index (χ0) is 45.2. The number of carbonyl (C=O) groups excluding carboxylic acids is 2. The van der Waals surface area contributed by atoms with Gasteiger partial charge in [0.2, 0.25) is 19.4 Å². The van der Waals surface area contributed by atoms with Gasteiger partial charge in [0.15, 0.2) is 47.7 Å². The van der Waals surface area contributed by atoms with Gasteiger partial charge in [0, 0.05) is 17.9 Å². The molecule has 7 heterocycles. The van der Waals surface area contributed by atoms with Crippen molar-refractivity contribution in [3.63, 3.8) is 0 Å². The number of benzene rings is 1. The number of nitrogens with two attached hydrogens (primary N) is 2. The molecule has 340 valence electrons. The third kappa shape index (κ3) is 10.1. The second-order valence-corrected chi connectivity index (χ2v) is 20.6. The number of imidazole rings is 2. The van der Waals surface area contributed by atoms with Crippen molar-refractivity contribution in [3.05, 3.63) is 55.1 Å². The molecule has 2 amide bonds. The number of ether oxygens (including phenoxy) is 2. The number of carbonyl (C=O) groups is 2. The molecular formula is C36H43BF2N12O10P2S. The molecule has 10 atom stereocenters. The van der Waals surface area contributed by atoms with Gasteiger partial charge in [0.05, 0.1) is 32.4 Å². The van der Waals surface area contributed by atoms with Gasteiger partial charge in [-0.05, 0) is 35.5 Å². The molecule has 4 aromatic heterocycles. The molecule has 0 aliphatic carbocycles. The Morgan fingerprint density at radius 2 is 1.39 bits per heavy atom. The minimum Gasteiger partial charge on any atom is -0.382 e. The van der Waals surface area contributed by atoms with E-state index in [0.29, 0.717) is 29.1 Å². The maximum absolute atomic E-state index is 16.8.